The minimum Gasteiger partial charge on any atom is -0.481 e. The first-order chi connectivity index (χ1) is 6.57. The number of rotatable bonds is 7. The van der Waals surface area contributed by atoms with Gasteiger partial charge in [-0.1, -0.05) is 6.92 Å². The Morgan fingerprint density at radius 2 is 2.14 bits per heavy atom. The van der Waals surface area contributed by atoms with Gasteiger partial charge in [-0.05, 0) is 6.42 Å². The molecule has 2 N–H and O–H groups in total. The van der Waals surface area contributed by atoms with E-state index in [2.05, 4.69) is 5.32 Å². The van der Waals surface area contributed by atoms with E-state index in [1.165, 1.54) is 0 Å². The molecule has 0 aliphatic carbocycles. The highest BCUT2D eigenvalue weighted by Gasteiger charge is 2.15. The third kappa shape index (κ3) is 6.42. The Labute approximate surface area is 83.4 Å². The first kappa shape index (κ1) is 12.9. The van der Waals surface area contributed by atoms with Crippen LogP contribution in [0.25, 0.3) is 0 Å². The summed E-state index contributed by atoms with van der Waals surface area (Å²) < 4.78 is 4.80. The molecule has 0 aliphatic heterocycles. The molecular formula is C9H17NO4. The summed E-state index contributed by atoms with van der Waals surface area (Å²) >= 11 is 0. The molecule has 5 heteroatoms. The van der Waals surface area contributed by atoms with Crippen molar-refractivity contribution in [3.63, 3.8) is 0 Å². The Bertz CT molecular complexity index is 193. The highest BCUT2D eigenvalue weighted by Crippen LogP contribution is 2.00. The van der Waals surface area contributed by atoms with Crippen LogP contribution in [0, 0.1) is 5.92 Å². The van der Waals surface area contributed by atoms with Gasteiger partial charge in [0.2, 0.25) is 5.91 Å². The Hall–Kier alpha value is -1.10. The van der Waals surface area contributed by atoms with Gasteiger partial charge in [0.25, 0.3) is 0 Å². The summed E-state index contributed by atoms with van der Waals surface area (Å²) in [6.45, 7) is 2.71. The maximum Gasteiger partial charge on any atom is 0.304 e. The van der Waals surface area contributed by atoms with E-state index in [0.717, 1.165) is 6.42 Å². The zero-order chi connectivity index (χ0) is 11.0. The van der Waals surface area contributed by atoms with Crippen LogP contribution in [0.15, 0.2) is 0 Å². The van der Waals surface area contributed by atoms with Crippen LogP contribution in [0.1, 0.15) is 19.8 Å². The van der Waals surface area contributed by atoms with Crippen molar-refractivity contribution in [2.24, 2.45) is 5.92 Å². The van der Waals surface area contributed by atoms with Crippen molar-refractivity contribution in [1.29, 1.82) is 0 Å². The largest absolute Gasteiger partial charge is 0.481 e. The number of aliphatic carboxylic acids is 1. The lowest BCUT2D eigenvalue weighted by atomic mass is 10.1. The summed E-state index contributed by atoms with van der Waals surface area (Å²) in [6.07, 6.45) is 0.609. The Morgan fingerprint density at radius 1 is 1.50 bits per heavy atom. The molecule has 0 rings (SSSR count). The van der Waals surface area contributed by atoms with Crippen molar-refractivity contribution in [2.45, 2.75) is 19.8 Å². The molecule has 14 heavy (non-hydrogen) atoms. The highest BCUT2D eigenvalue weighted by atomic mass is 16.5. The molecule has 1 unspecified atom stereocenters. The maximum absolute atomic E-state index is 11.2. The summed E-state index contributed by atoms with van der Waals surface area (Å²) in [4.78, 5) is 21.5. The summed E-state index contributed by atoms with van der Waals surface area (Å²) in [7, 11) is 1.59. The normalized spacial score (nSPS) is 12.1. The molecule has 0 aliphatic rings. The number of amides is 1. The van der Waals surface area contributed by atoms with Gasteiger partial charge in [-0.3, -0.25) is 9.59 Å². The van der Waals surface area contributed by atoms with E-state index < -0.39 is 11.9 Å². The smallest absolute Gasteiger partial charge is 0.304 e. The van der Waals surface area contributed by atoms with Gasteiger partial charge < -0.3 is 15.2 Å². The monoisotopic (exact) mass is 203 g/mol. The fourth-order valence-electron chi connectivity index (χ4n) is 0.957. The van der Waals surface area contributed by atoms with Gasteiger partial charge in [0, 0.05) is 26.2 Å². The first-order valence-corrected chi connectivity index (χ1v) is 4.56. The second kappa shape index (κ2) is 7.32. The third-order valence-corrected chi connectivity index (χ3v) is 1.75. The lowest BCUT2D eigenvalue weighted by Crippen LogP contribution is -2.31. The number of carbonyl (C=O) groups excluding carboxylic acids is 1. The van der Waals surface area contributed by atoms with E-state index in [0.29, 0.717) is 13.2 Å². The standard InChI is InChI=1S/C9H17NO4/c1-7(6-8(11)12)9(13)10-4-3-5-14-2/h7H,3-6H2,1-2H3,(H,10,13)(H,11,12). The first-order valence-electron chi connectivity index (χ1n) is 4.56. The zero-order valence-corrected chi connectivity index (χ0v) is 8.58. The van der Waals surface area contributed by atoms with Crippen molar-refractivity contribution in [1.82, 2.24) is 5.32 Å². The molecule has 0 saturated heterocycles. The number of nitrogens with one attached hydrogen (secondary N) is 1. The molecule has 0 fully saturated rings. The van der Waals surface area contributed by atoms with Crippen LogP contribution in [-0.2, 0) is 14.3 Å². The van der Waals surface area contributed by atoms with Gasteiger partial charge >= 0.3 is 5.97 Å². The van der Waals surface area contributed by atoms with Crippen molar-refractivity contribution < 1.29 is 19.4 Å². The average molecular weight is 203 g/mol. The van der Waals surface area contributed by atoms with Crippen molar-refractivity contribution in [3.8, 4) is 0 Å². The maximum atomic E-state index is 11.2. The third-order valence-electron chi connectivity index (χ3n) is 1.75. The summed E-state index contributed by atoms with van der Waals surface area (Å²) in [5.74, 6) is -1.65. The van der Waals surface area contributed by atoms with Crippen molar-refractivity contribution >= 4 is 11.9 Å². The molecule has 1 atom stereocenters. The molecule has 0 aromatic carbocycles. The number of carboxylic acid groups (broad SMARTS) is 1. The van der Waals surface area contributed by atoms with Crippen LogP contribution in [-0.4, -0.2) is 37.2 Å². The van der Waals surface area contributed by atoms with Gasteiger partial charge in [-0.15, -0.1) is 0 Å². The minimum absolute atomic E-state index is 0.129. The number of carboxylic acids is 1. The van der Waals surface area contributed by atoms with Crippen LogP contribution in [0.4, 0.5) is 0 Å². The summed E-state index contributed by atoms with van der Waals surface area (Å²) in [6, 6.07) is 0. The number of hydrogen-bond acceptors (Lipinski definition) is 3. The topological polar surface area (TPSA) is 75.6 Å². The second-order valence-electron chi connectivity index (χ2n) is 3.14. The van der Waals surface area contributed by atoms with Crippen molar-refractivity contribution in [3.05, 3.63) is 0 Å². The molecule has 0 radical (unpaired) electrons. The van der Waals surface area contributed by atoms with Gasteiger partial charge in [0.05, 0.1) is 6.42 Å². The number of methoxy groups -OCH3 is 1. The number of ether oxygens (including phenoxy) is 1. The molecular weight excluding hydrogens is 186 g/mol. The lowest BCUT2D eigenvalue weighted by Gasteiger charge is -2.09. The number of hydrogen-bond donors (Lipinski definition) is 2. The van der Waals surface area contributed by atoms with Crippen molar-refractivity contribution in [2.75, 3.05) is 20.3 Å². The van der Waals surface area contributed by atoms with Gasteiger partial charge in [-0.2, -0.15) is 0 Å². The molecule has 0 aromatic heterocycles. The number of carbonyl (C=O) groups is 2. The van der Waals surface area contributed by atoms with Gasteiger partial charge in [0.1, 0.15) is 0 Å². The van der Waals surface area contributed by atoms with Gasteiger partial charge in [0.15, 0.2) is 0 Å². The Balaban J connectivity index is 3.57. The molecule has 0 saturated carbocycles. The minimum atomic E-state index is -0.954. The molecule has 1 amide bonds. The van der Waals surface area contributed by atoms with E-state index in [1.54, 1.807) is 14.0 Å². The van der Waals surface area contributed by atoms with Crippen LogP contribution in [0.2, 0.25) is 0 Å². The summed E-state index contributed by atoms with van der Waals surface area (Å²) in [5, 5.41) is 11.1. The zero-order valence-electron chi connectivity index (χ0n) is 8.58. The van der Waals surface area contributed by atoms with Crippen LogP contribution in [0.5, 0.6) is 0 Å². The molecule has 0 spiro atoms. The van der Waals surface area contributed by atoms with E-state index in [9.17, 15) is 9.59 Å². The fraction of sp³-hybridized carbons (Fsp3) is 0.778. The SMILES string of the molecule is COCCCNC(=O)C(C)CC(=O)O. The Morgan fingerprint density at radius 3 is 2.64 bits per heavy atom. The average Bonchev–Trinajstić information content (AvgIpc) is 2.11. The van der Waals surface area contributed by atoms with E-state index in [4.69, 9.17) is 9.84 Å². The van der Waals surface area contributed by atoms with Crippen LogP contribution in [0.3, 0.4) is 0 Å². The molecule has 5 nitrogen and oxygen atoms in total. The fourth-order valence-corrected chi connectivity index (χ4v) is 0.957. The Kier molecular flexibility index (Phi) is 6.74. The lowest BCUT2D eigenvalue weighted by molar-refractivity contribution is -0.140. The molecule has 0 bridgehead atoms. The van der Waals surface area contributed by atoms with E-state index >= 15 is 0 Å². The molecule has 0 heterocycles. The van der Waals surface area contributed by atoms with Gasteiger partial charge in [-0.25, -0.2) is 0 Å². The van der Waals surface area contributed by atoms with Crippen LogP contribution < -0.4 is 5.32 Å². The second-order valence-corrected chi connectivity index (χ2v) is 3.14. The predicted molar refractivity (Wildman–Crippen MR) is 50.9 cm³/mol. The van der Waals surface area contributed by atoms with E-state index in [-0.39, 0.29) is 12.3 Å². The predicted octanol–water partition coefficient (Wildman–Crippen LogP) is 0.250. The van der Waals surface area contributed by atoms with Crippen LogP contribution >= 0.6 is 0 Å². The quantitative estimate of drug-likeness (QED) is 0.581. The highest BCUT2D eigenvalue weighted by molar-refractivity contribution is 5.82. The molecule has 0 aromatic rings. The summed E-state index contributed by atoms with van der Waals surface area (Å²) in [5.41, 5.74) is 0. The van der Waals surface area contributed by atoms with E-state index in [1.807, 2.05) is 0 Å². The molecule has 82 valence electrons.